The van der Waals surface area contributed by atoms with Gasteiger partial charge in [-0.2, -0.15) is 0 Å². The Balaban J connectivity index is 3.92. The van der Waals surface area contributed by atoms with Crippen LogP contribution in [0.15, 0.2) is 0 Å². The molecule has 0 aromatic heterocycles. The maximum Gasteiger partial charge on any atom is 0.0587 e. The molecule has 0 aliphatic carbocycles. The third-order valence-corrected chi connectivity index (χ3v) is 3.12. The van der Waals surface area contributed by atoms with Crippen LogP contribution in [0.1, 0.15) is 40.5 Å². The van der Waals surface area contributed by atoms with Gasteiger partial charge in [0.1, 0.15) is 0 Å². The van der Waals surface area contributed by atoms with E-state index in [0.29, 0.717) is 0 Å². The fraction of sp³-hybridized carbons (Fsp3) is 1.00. The van der Waals surface area contributed by atoms with Gasteiger partial charge in [0.2, 0.25) is 0 Å². The van der Waals surface area contributed by atoms with Crippen LogP contribution in [0.4, 0.5) is 0 Å². The predicted octanol–water partition coefficient (Wildman–Crippen LogP) is 2.37. The van der Waals surface area contributed by atoms with Crippen molar-refractivity contribution in [3.05, 3.63) is 0 Å². The summed E-state index contributed by atoms with van der Waals surface area (Å²) >= 11 is 0. The Bertz CT molecular complexity index is 158. The highest BCUT2D eigenvalue weighted by Crippen LogP contribution is 2.10. The van der Waals surface area contributed by atoms with E-state index in [4.69, 9.17) is 4.74 Å². The van der Waals surface area contributed by atoms with E-state index in [1.54, 1.807) is 7.11 Å². The van der Waals surface area contributed by atoms with Crippen LogP contribution < -0.4 is 5.32 Å². The van der Waals surface area contributed by atoms with Crippen molar-refractivity contribution in [2.75, 3.05) is 39.9 Å². The largest absolute Gasteiger partial charge is 0.383 e. The van der Waals surface area contributed by atoms with Crippen LogP contribution >= 0.6 is 0 Å². The number of nitrogens with one attached hydrogen (secondary N) is 1. The minimum Gasteiger partial charge on any atom is -0.383 e. The molecule has 0 radical (unpaired) electrons. The normalized spacial score (nSPS) is 12.0. The summed E-state index contributed by atoms with van der Waals surface area (Å²) in [5, 5.41) is 3.43. The Morgan fingerprint density at radius 2 is 1.76 bits per heavy atom. The smallest absolute Gasteiger partial charge is 0.0587 e. The number of hydrogen-bond acceptors (Lipinski definition) is 3. The van der Waals surface area contributed by atoms with Gasteiger partial charge in [0.25, 0.3) is 0 Å². The lowest BCUT2D eigenvalue weighted by Crippen LogP contribution is -2.41. The molecule has 0 atom stereocenters. The lowest BCUT2D eigenvalue weighted by atomic mass is 10.1. The van der Waals surface area contributed by atoms with Gasteiger partial charge in [0, 0.05) is 39.3 Å². The van der Waals surface area contributed by atoms with Crippen LogP contribution in [0.3, 0.4) is 0 Å². The number of rotatable bonds is 11. The highest BCUT2D eigenvalue weighted by atomic mass is 16.5. The second-order valence-corrected chi connectivity index (χ2v) is 5.10. The SMILES string of the molecule is CCC(CC)N(CCNCCOC)CC(C)C. The Kier molecular flexibility index (Phi) is 10.9. The van der Waals surface area contributed by atoms with Gasteiger partial charge in [-0.25, -0.2) is 0 Å². The van der Waals surface area contributed by atoms with Crippen LogP contribution in [-0.4, -0.2) is 50.8 Å². The minimum absolute atomic E-state index is 0.738. The van der Waals surface area contributed by atoms with Gasteiger partial charge in [0.05, 0.1) is 6.61 Å². The second-order valence-electron chi connectivity index (χ2n) is 5.10. The van der Waals surface area contributed by atoms with Crippen molar-refractivity contribution >= 4 is 0 Å². The molecule has 104 valence electrons. The van der Waals surface area contributed by atoms with E-state index in [2.05, 4.69) is 37.9 Å². The average Bonchev–Trinajstić information content (AvgIpc) is 2.29. The Hall–Kier alpha value is -0.120. The average molecular weight is 244 g/mol. The highest BCUT2D eigenvalue weighted by molar-refractivity contribution is 4.71. The van der Waals surface area contributed by atoms with Gasteiger partial charge in [0.15, 0.2) is 0 Å². The molecule has 1 N–H and O–H groups in total. The summed E-state index contributed by atoms with van der Waals surface area (Å²) in [6.07, 6.45) is 2.50. The van der Waals surface area contributed by atoms with Crippen LogP contribution in [0, 0.1) is 5.92 Å². The molecular weight excluding hydrogens is 212 g/mol. The van der Waals surface area contributed by atoms with Crippen LogP contribution in [0.25, 0.3) is 0 Å². The van der Waals surface area contributed by atoms with Crippen LogP contribution in [0.5, 0.6) is 0 Å². The first-order chi connectivity index (χ1) is 8.15. The van der Waals surface area contributed by atoms with E-state index in [0.717, 1.165) is 38.2 Å². The molecular formula is C14H32N2O. The number of nitrogens with zero attached hydrogens (tertiary/aromatic N) is 1. The molecule has 0 heterocycles. The minimum atomic E-state index is 0.738. The standard InChI is InChI=1S/C14H32N2O/c1-6-14(7-2)16(12-13(3)4)10-8-15-9-11-17-5/h13-15H,6-12H2,1-5H3. The summed E-state index contributed by atoms with van der Waals surface area (Å²) < 4.78 is 5.03. The number of methoxy groups -OCH3 is 1. The number of hydrogen-bond donors (Lipinski definition) is 1. The molecule has 0 aliphatic heterocycles. The monoisotopic (exact) mass is 244 g/mol. The molecule has 0 rings (SSSR count). The molecule has 0 fully saturated rings. The molecule has 0 bridgehead atoms. The van der Waals surface area contributed by atoms with Crippen molar-refractivity contribution in [1.82, 2.24) is 10.2 Å². The van der Waals surface area contributed by atoms with Crippen molar-refractivity contribution in [3.63, 3.8) is 0 Å². The molecule has 17 heavy (non-hydrogen) atoms. The summed E-state index contributed by atoms with van der Waals surface area (Å²) in [7, 11) is 1.75. The summed E-state index contributed by atoms with van der Waals surface area (Å²) in [5.41, 5.74) is 0. The molecule has 0 saturated heterocycles. The van der Waals surface area contributed by atoms with E-state index in [-0.39, 0.29) is 0 Å². The van der Waals surface area contributed by atoms with Crippen molar-refractivity contribution < 1.29 is 4.74 Å². The van der Waals surface area contributed by atoms with E-state index in [1.807, 2.05) is 0 Å². The van der Waals surface area contributed by atoms with Gasteiger partial charge in [-0.1, -0.05) is 27.7 Å². The first kappa shape index (κ1) is 16.9. The lowest BCUT2D eigenvalue weighted by molar-refractivity contribution is 0.161. The molecule has 0 saturated carbocycles. The van der Waals surface area contributed by atoms with Gasteiger partial charge in [-0.15, -0.1) is 0 Å². The van der Waals surface area contributed by atoms with E-state index >= 15 is 0 Å². The Labute approximate surface area is 108 Å². The van der Waals surface area contributed by atoms with Crippen LogP contribution in [-0.2, 0) is 4.74 Å². The first-order valence-electron chi connectivity index (χ1n) is 7.09. The van der Waals surface area contributed by atoms with E-state index < -0.39 is 0 Å². The summed E-state index contributed by atoms with van der Waals surface area (Å²) in [6.45, 7) is 14.4. The Morgan fingerprint density at radius 3 is 2.24 bits per heavy atom. The fourth-order valence-electron chi connectivity index (χ4n) is 2.22. The van der Waals surface area contributed by atoms with Crippen LogP contribution in [0.2, 0.25) is 0 Å². The molecule has 0 amide bonds. The van der Waals surface area contributed by atoms with E-state index in [1.165, 1.54) is 19.4 Å². The molecule has 0 aromatic carbocycles. The maximum absolute atomic E-state index is 5.03. The topological polar surface area (TPSA) is 24.5 Å². The Morgan fingerprint density at radius 1 is 1.12 bits per heavy atom. The first-order valence-corrected chi connectivity index (χ1v) is 7.09. The van der Waals surface area contributed by atoms with Crippen molar-refractivity contribution in [2.45, 2.75) is 46.6 Å². The summed E-state index contributed by atoms with van der Waals surface area (Å²) in [5.74, 6) is 0.745. The molecule has 0 unspecified atom stereocenters. The van der Waals surface area contributed by atoms with E-state index in [9.17, 15) is 0 Å². The summed E-state index contributed by atoms with van der Waals surface area (Å²) in [4.78, 5) is 2.63. The zero-order valence-electron chi connectivity index (χ0n) is 12.5. The maximum atomic E-state index is 5.03. The molecule has 3 heteroatoms. The van der Waals surface area contributed by atoms with Gasteiger partial charge >= 0.3 is 0 Å². The zero-order chi connectivity index (χ0) is 13.1. The molecule has 3 nitrogen and oxygen atoms in total. The van der Waals surface area contributed by atoms with Gasteiger partial charge in [-0.3, -0.25) is 4.90 Å². The van der Waals surface area contributed by atoms with Crippen molar-refractivity contribution in [2.24, 2.45) is 5.92 Å². The lowest BCUT2D eigenvalue weighted by Gasteiger charge is -2.32. The third kappa shape index (κ3) is 8.58. The van der Waals surface area contributed by atoms with Gasteiger partial charge in [-0.05, 0) is 18.8 Å². The molecule has 0 aromatic rings. The highest BCUT2D eigenvalue weighted by Gasteiger charge is 2.15. The quantitative estimate of drug-likeness (QED) is 0.565. The second kappa shape index (κ2) is 11.0. The number of ether oxygens (including phenoxy) is 1. The zero-order valence-corrected chi connectivity index (χ0v) is 12.5. The fourth-order valence-corrected chi connectivity index (χ4v) is 2.22. The van der Waals surface area contributed by atoms with Crippen molar-refractivity contribution in [3.8, 4) is 0 Å². The summed E-state index contributed by atoms with van der Waals surface area (Å²) in [6, 6.07) is 0.738. The third-order valence-electron chi connectivity index (χ3n) is 3.12. The van der Waals surface area contributed by atoms with Crippen molar-refractivity contribution in [1.29, 1.82) is 0 Å². The molecule has 0 aliphatic rings. The predicted molar refractivity (Wildman–Crippen MR) is 75.5 cm³/mol. The van der Waals surface area contributed by atoms with Gasteiger partial charge < -0.3 is 10.1 Å². The molecule has 0 spiro atoms.